The monoisotopic (exact) mass is 568 g/mol. The molecule has 41 heavy (non-hydrogen) atoms. The molecule has 1 fully saturated rings. The van der Waals surface area contributed by atoms with Gasteiger partial charge in [0.05, 0.1) is 4.92 Å². The highest BCUT2D eigenvalue weighted by atomic mass is 19.1. The van der Waals surface area contributed by atoms with Gasteiger partial charge in [0, 0.05) is 66.1 Å². The summed E-state index contributed by atoms with van der Waals surface area (Å²) >= 11 is 0. The first-order chi connectivity index (χ1) is 19.5. The Labute approximate surface area is 234 Å². The molecule has 4 N–H and O–H groups in total. The molecule has 0 saturated carbocycles. The van der Waals surface area contributed by atoms with E-state index in [2.05, 4.69) is 15.2 Å². The first-order valence-corrected chi connectivity index (χ1v) is 12.9. The van der Waals surface area contributed by atoms with Gasteiger partial charge in [-0.15, -0.1) is 0 Å². The number of nitrogen functional groups attached to an aromatic ring is 1. The molecular weight excluding hydrogens is 538 g/mol. The smallest absolute Gasteiger partial charge is 0.293 e. The summed E-state index contributed by atoms with van der Waals surface area (Å²) in [5.74, 6) is -2.13. The number of nitrogens with two attached hydrogens (primary N) is 1. The van der Waals surface area contributed by atoms with Gasteiger partial charge in [-0.3, -0.25) is 24.6 Å². The van der Waals surface area contributed by atoms with E-state index in [-0.39, 0.29) is 52.8 Å². The van der Waals surface area contributed by atoms with E-state index in [1.54, 1.807) is 23.1 Å². The molecule has 3 heterocycles. The predicted octanol–water partition coefficient (Wildman–Crippen LogP) is 3.70. The summed E-state index contributed by atoms with van der Waals surface area (Å²) < 4.78 is 30.6. The molecule has 216 valence electrons. The standard InChI is InChI=1S/C27H28F2N6O3.CH2O2/c1-14-12-34(13-15(2)33(14)3)23-11-22(28)20(10-24(23)35(37)38)21-9-19(26(30)32-25(21)29)16-4-5-18-17(8-16)6-7-31-27(18)36;2-1-3/h4-5,8-11,14-15H,6-7,12-13H2,1-3H3,(H2,30,32)(H,31,36);1H,(H,2,3)/t14-,15+;. The second-order valence-corrected chi connectivity index (χ2v) is 10.1. The number of nitrogens with zero attached hydrogens (tertiary/aromatic N) is 4. The number of nitro groups is 1. The number of piperazine rings is 1. The number of nitrogens with one attached hydrogen (secondary N) is 1. The number of carbonyl (C=O) groups excluding carboxylic acids is 1. The van der Waals surface area contributed by atoms with Crippen molar-refractivity contribution < 1.29 is 28.4 Å². The van der Waals surface area contributed by atoms with Crippen LogP contribution in [-0.4, -0.2) is 71.1 Å². The number of carbonyl (C=O) groups is 2. The maximum Gasteiger partial charge on any atom is 0.293 e. The van der Waals surface area contributed by atoms with Crippen molar-refractivity contribution in [2.24, 2.45) is 0 Å². The molecule has 2 atom stereocenters. The average Bonchev–Trinajstić information content (AvgIpc) is 2.92. The Kier molecular flexibility index (Phi) is 8.47. The van der Waals surface area contributed by atoms with Gasteiger partial charge in [0.15, 0.2) is 0 Å². The highest BCUT2D eigenvalue weighted by molar-refractivity contribution is 5.97. The molecule has 2 aromatic carbocycles. The minimum atomic E-state index is -1.04. The fourth-order valence-corrected chi connectivity index (χ4v) is 5.28. The zero-order chi connectivity index (χ0) is 30.0. The van der Waals surface area contributed by atoms with Crippen molar-refractivity contribution in [3.05, 3.63) is 69.4 Å². The van der Waals surface area contributed by atoms with E-state index in [9.17, 15) is 14.9 Å². The molecule has 0 bridgehead atoms. The van der Waals surface area contributed by atoms with Crippen LogP contribution >= 0.6 is 0 Å². The van der Waals surface area contributed by atoms with Gasteiger partial charge in [0.2, 0.25) is 5.95 Å². The number of hydrogen-bond acceptors (Lipinski definition) is 8. The molecule has 3 aromatic rings. The van der Waals surface area contributed by atoms with Gasteiger partial charge in [-0.25, -0.2) is 9.37 Å². The fourth-order valence-electron chi connectivity index (χ4n) is 5.28. The van der Waals surface area contributed by atoms with Crippen LogP contribution in [0.4, 0.5) is 26.0 Å². The van der Waals surface area contributed by atoms with Gasteiger partial charge in [-0.2, -0.15) is 4.39 Å². The van der Waals surface area contributed by atoms with Gasteiger partial charge in [0.1, 0.15) is 17.3 Å². The zero-order valence-corrected chi connectivity index (χ0v) is 22.7. The van der Waals surface area contributed by atoms with Crippen LogP contribution in [0, 0.1) is 21.9 Å². The van der Waals surface area contributed by atoms with E-state index in [0.29, 0.717) is 42.7 Å². The van der Waals surface area contributed by atoms with E-state index >= 15 is 8.78 Å². The highest BCUT2D eigenvalue weighted by Gasteiger charge is 2.32. The molecule has 5 rings (SSSR count). The molecule has 0 unspecified atom stereocenters. The summed E-state index contributed by atoms with van der Waals surface area (Å²) in [6.07, 6.45) is 0.613. The van der Waals surface area contributed by atoms with Crippen molar-refractivity contribution in [2.75, 3.05) is 37.3 Å². The number of nitro benzene ring substituents is 1. The molecule has 0 aliphatic carbocycles. The van der Waals surface area contributed by atoms with Crippen molar-refractivity contribution in [1.29, 1.82) is 0 Å². The fraction of sp³-hybridized carbons (Fsp3) is 0.321. The molecule has 1 aromatic heterocycles. The summed E-state index contributed by atoms with van der Waals surface area (Å²) in [7, 11) is 1.98. The number of hydrogen-bond donors (Lipinski definition) is 3. The number of fused-ring (bicyclic) bond motifs is 1. The largest absolute Gasteiger partial charge is 0.483 e. The second kappa shape index (κ2) is 11.8. The third-order valence-electron chi connectivity index (χ3n) is 7.60. The van der Waals surface area contributed by atoms with Gasteiger partial charge >= 0.3 is 0 Å². The van der Waals surface area contributed by atoms with Crippen LogP contribution in [0.5, 0.6) is 0 Å². The van der Waals surface area contributed by atoms with Crippen LogP contribution in [0.2, 0.25) is 0 Å². The zero-order valence-electron chi connectivity index (χ0n) is 22.7. The van der Waals surface area contributed by atoms with Crippen LogP contribution < -0.4 is 16.0 Å². The SMILES string of the molecule is C[C@@H]1CN(c2cc(F)c(-c3cc(-c4ccc5c(c4)CCNC5=O)c(N)nc3F)cc2[N+](=O)[O-])C[C@H](C)N1C.O=CO. The topological polar surface area (TPSA) is 155 Å². The van der Waals surface area contributed by atoms with Crippen LogP contribution in [0.3, 0.4) is 0 Å². The Hall–Kier alpha value is -4.65. The molecular formula is C28H30F2N6O5. The first kappa shape index (κ1) is 29.3. The second-order valence-electron chi connectivity index (χ2n) is 10.1. The normalized spacial score (nSPS) is 18.6. The van der Waals surface area contributed by atoms with Gasteiger partial charge in [0.25, 0.3) is 18.1 Å². The number of likely N-dealkylation sites (N-methyl/N-ethyl adjacent to an activating group) is 1. The number of anilines is 2. The highest BCUT2D eigenvalue weighted by Crippen LogP contribution is 2.39. The van der Waals surface area contributed by atoms with Crippen LogP contribution in [0.25, 0.3) is 22.3 Å². The van der Waals surface area contributed by atoms with Crippen molar-refractivity contribution in [2.45, 2.75) is 32.4 Å². The van der Waals surface area contributed by atoms with Crippen LogP contribution in [0.1, 0.15) is 29.8 Å². The number of pyridine rings is 1. The van der Waals surface area contributed by atoms with Gasteiger partial charge in [-0.1, -0.05) is 12.1 Å². The van der Waals surface area contributed by atoms with E-state index in [0.717, 1.165) is 17.7 Å². The Morgan fingerprint density at radius 1 is 1.10 bits per heavy atom. The third kappa shape index (κ3) is 5.80. The van der Waals surface area contributed by atoms with Crippen molar-refractivity contribution in [1.82, 2.24) is 15.2 Å². The number of aromatic nitrogens is 1. The molecule has 11 nitrogen and oxygen atoms in total. The third-order valence-corrected chi connectivity index (χ3v) is 7.60. The quantitative estimate of drug-likeness (QED) is 0.185. The molecule has 2 aliphatic rings. The van der Waals surface area contributed by atoms with Crippen molar-refractivity contribution in [3.8, 4) is 22.3 Å². The lowest BCUT2D eigenvalue weighted by Gasteiger charge is -2.43. The lowest BCUT2D eigenvalue weighted by molar-refractivity contribution is -0.384. The Balaban J connectivity index is 0.00000124. The van der Waals surface area contributed by atoms with Gasteiger partial charge in [-0.05, 0) is 50.6 Å². The first-order valence-electron chi connectivity index (χ1n) is 12.9. The summed E-state index contributed by atoms with van der Waals surface area (Å²) in [6.45, 7) is 5.22. The predicted molar refractivity (Wildman–Crippen MR) is 150 cm³/mol. The Morgan fingerprint density at radius 2 is 1.76 bits per heavy atom. The van der Waals surface area contributed by atoms with E-state index in [4.69, 9.17) is 15.6 Å². The minimum absolute atomic E-state index is 0.102. The lowest BCUT2D eigenvalue weighted by Crippen LogP contribution is -2.55. The van der Waals surface area contributed by atoms with Crippen molar-refractivity contribution >= 4 is 29.6 Å². The van der Waals surface area contributed by atoms with Crippen LogP contribution in [-0.2, 0) is 11.2 Å². The number of rotatable bonds is 4. The van der Waals surface area contributed by atoms with E-state index < -0.39 is 16.7 Å². The number of halogens is 2. The van der Waals surface area contributed by atoms with Crippen LogP contribution in [0.15, 0.2) is 36.4 Å². The number of amides is 1. The van der Waals surface area contributed by atoms with E-state index in [1.165, 1.54) is 6.07 Å². The number of carboxylic acid groups (broad SMARTS) is 1. The molecule has 0 radical (unpaired) electrons. The summed E-state index contributed by atoms with van der Waals surface area (Å²) in [5.41, 5.74) is 7.62. The Morgan fingerprint density at radius 3 is 2.39 bits per heavy atom. The minimum Gasteiger partial charge on any atom is -0.483 e. The molecule has 2 aliphatic heterocycles. The molecule has 1 saturated heterocycles. The summed E-state index contributed by atoms with van der Waals surface area (Å²) in [5, 5.41) is 21.7. The maximum atomic E-state index is 15.6. The molecule has 0 spiro atoms. The summed E-state index contributed by atoms with van der Waals surface area (Å²) in [4.78, 5) is 39.7. The Bertz CT molecular complexity index is 1510. The molecule has 13 heteroatoms. The number of benzene rings is 2. The maximum absolute atomic E-state index is 15.6. The lowest BCUT2D eigenvalue weighted by atomic mass is 9.93. The van der Waals surface area contributed by atoms with Crippen molar-refractivity contribution in [3.63, 3.8) is 0 Å². The summed E-state index contributed by atoms with van der Waals surface area (Å²) in [6, 6.07) is 8.82. The van der Waals surface area contributed by atoms with E-state index in [1.807, 2.05) is 20.9 Å². The molecule has 1 amide bonds. The average molecular weight is 569 g/mol. The van der Waals surface area contributed by atoms with Gasteiger partial charge < -0.3 is 21.1 Å².